The van der Waals surface area contributed by atoms with E-state index in [1.165, 1.54) is 12.8 Å². The van der Waals surface area contributed by atoms with Crippen molar-refractivity contribution in [2.45, 2.75) is 90.5 Å². The van der Waals surface area contributed by atoms with Crippen LogP contribution < -0.4 is 4.72 Å². The third-order valence-electron chi connectivity index (χ3n) is 5.42. The number of carbonyl (C=O) groups excluding carboxylic acids is 1. The van der Waals surface area contributed by atoms with Crippen molar-refractivity contribution in [3.63, 3.8) is 0 Å². The topological polar surface area (TPSA) is 64.6 Å². The predicted molar refractivity (Wildman–Crippen MR) is 103 cm³/mol. The van der Waals surface area contributed by atoms with E-state index in [1.807, 2.05) is 46.4 Å². The molecule has 1 spiro atoms. The van der Waals surface area contributed by atoms with Crippen LogP contribution in [0, 0.1) is 11.3 Å². The lowest BCUT2D eigenvalue weighted by atomic mass is 9.56. The Morgan fingerprint density at radius 1 is 1.20 bits per heavy atom. The van der Waals surface area contributed by atoms with Crippen LogP contribution in [0.25, 0.3) is 0 Å². The molecule has 1 saturated heterocycles. The molecule has 0 radical (unpaired) electrons. The van der Waals surface area contributed by atoms with E-state index in [0.717, 1.165) is 25.9 Å². The standard InChI is InChI=1S/C19H36N2O3S/c1-14(20-25(23)18(5,6)7)15-12-19(13-15)8-10-21(11-9-19)16(22)24-17(2,3)4/h14-15,20H,8-13H2,1-7H3/t14-,25+/m0/s1. The minimum Gasteiger partial charge on any atom is -0.598 e. The Balaban J connectivity index is 1.76. The number of nitrogens with one attached hydrogen (secondary N) is 1. The van der Waals surface area contributed by atoms with E-state index in [1.54, 1.807) is 0 Å². The van der Waals surface area contributed by atoms with Crippen LogP contribution in [0.1, 0.15) is 74.1 Å². The zero-order chi connectivity index (χ0) is 19.0. The molecule has 1 heterocycles. The zero-order valence-electron chi connectivity index (χ0n) is 17.0. The number of hydrogen-bond acceptors (Lipinski definition) is 4. The fraction of sp³-hybridized carbons (Fsp3) is 0.947. The summed E-state index contributed by atoms with van der Waals surface area (Å²) in [7, 11) is 0. The third kappa shape index (κ3) is 5.51. The number of piperidine rings is 1. The van der Waals surface area contributed by atoms with Gasteiger partial charge in [0.1, 0.15) is 10.3 Å². The molecule has 0 aromatic rings. The first kappa shape index (κ1) is 20.8. The number of likely N-dealkylation sites (tertiary alicyclic amines) is 1. The molecule has 1 aliphatic heterocycles. The van der Waals surface area contributed by atoms with Crippen molar-refractivity contribution in [1.29, 1.82) is 0 Å². The van der Waals surface area contributed by atoms with Crippen molar-refractivity contribution < 1.29 is 14.1 Å². The summed E-state index contributed by atoms with van der Waals surface area (Å²) in [6.07, 6.45) is 4.26. The predicted octanol–water partition coefficient (Wildman–Crippen LogP) is 3.85. The molecule has 2 atom stereocenters. The number of ether oxygens (including phenoxy) is 1. The van der Waals surface area contributed by atoms with Gasteiger partial charge in [-0.15, -0.1) is 4.72 Å². The molecule has 2 rings (SSSR count). The Morgan fingerprint density at radius 2 is 1.72 bits per heavy atom. The number of hydrogen-bond donors (Lipinski definition) is 1. The van der Waals surface area contributed by atoms with Crippen LogP contribution in [0.4, 0.5) is 4.79 Å². The highest BCUT2D eigenvalue weighted by atomic mass is 32.2. The summed E-state index contributed by atoms with van der Waals surface area (Å²) in [6, 6.07) is 0.273. The highest BCUT2D eigenvalue weighted by Crippen LogP contribution is 2.53. The van der Waals surface area contributed by atoms with E-state index >= 15 is 0 Å². The van der Waals surface area contributed by atoms with Crippen molar-refractivity contribution >= 4 is 17.5 Å². The number of carbonyl (C=O) groups is 1. The Morgan fingerprint density at radius 3 is 2.16 bits per heavy atom. The van der Waals surface area contributed by atoms with Crippen LogP contribution in [0.15, 0.2) is 0 Å². The summed E-state index contributed by atoms with van der Waals surface area (Å²) in [6.45, 7) is 15.4. The smallest absolute Gasteiger partial charge is 0.410 e. The van der Waals surface area contributed by atoms with E-state index in [4.69, 9.17) is 4.74 Å². The van der Waals surface area contributed by atoms with Crippen molar-refractivity contribution in [1.82, 2.24) is 9.62 Å². The van der Waals surface area contributed by atoms with Gasteiger partial charge in [0.05, 0.1) is 6.04 Å². The molecule has 6 heteroatoms. The monoisotopic (exact) mass is 372 g/mol. The van der Waals surface area contributed by atoms with E-state index < -0.39 is 17.0 Å². The summed E-state index contributed by atoms with van der Waals surface area (Å²) in [5.74, 6) is 0.583. The second-order valence-electron chi connectivity index (χ2n) is 9.92. The maximum absolute atomic E-state index is 12.3. The third-order valence-corrected chi connectivity index (χ3v) is 7.12. The molecule has 1 saturated carbocycles. The van der Waals surface area contributed by atoms with Gasteiger partial charge in [-0.2, -0.15) is 0 Å². The maximum atomic E-state index is 12.3. The molecule has 0 aromatic heterocycles. The summed E-state index contributed by atoms with van der Waals surface area (Å²) < 4.78 is 20.8. The second kappa shape index (κ2) is 7.28. The van der Waals surface area contributed by atoms with Crippen molar-refractivity contribution in [3.8, 4) is 0 Å². The van der Waals surface area contributed by atoms with E-state index in [2.05, 4.69) is 11.6 Å². The van der Waals surface area contributed by atoms with E-state index in [9.17, 15) is 9.35 Å². The van der Waals surface area contributed by atoms with Crippen LogP contribution in [0.5, 0.6) is 0 Å². The minimum absolute atomic E-state index is 0.186. The quantitative estimate of drug-likeness (QED) is 0.764. The van der Waals surface area contributed by atoms with Crippen molar-refractivity contribution in [2.75, 3.05) is 13.1 Å². The highest BCUT2D eigenvalue weighted by molar-refractivity contribution is 7.90. The molecular weight excluding hydrogens is 336 g/mol. The molecule has 1 amide bonds. The van der Waals surface area contributed by atoms with Crippen LogP contribution in [-0.2, 0) is 16.1 Å². The van der Waals surface area contributed by atoms with E-state index in [0.29, 0.717) is 11.3 Å². The van der Waals surface area contributed by atoms with Gasteiger partial charge in [0.2, 0.25) is 0 Å². The molecule has 1 aliphatic carbocycles. The summed E-state index contributed by atoms with van der Waals surface area (Å²) in [5, 5.41) is 0. The van der Waals surface area contributed by atoms with Gasteiger partial charge in [-0.25, -0.2) is 4.79 Å². The fourth-order valence-electron chi connectivity index (χ4n) is 3.75. The van der Waals surface area contributed by atoms with Gasteiger partial charge in [0.25, 0.3) is 0 Å². The Hall–Kier alpha value is -0.460. The maximum Gasteiger partial charge on any atom is 0.410 e. The molecule has 25 heavy (non-hydrogen) atoms. The number of rotatable bonds is 3. The van der Waals surface area contributed by atoms with Crippen LogP contribution in [0.2, 0.25) is 0 Å². The molecule has 0 aromatic carbocycles. The average molecular weight is 373 g/mol. The van der Waals surface area contributed by atoms with Gasteiger partial charge < -0.3 is 14.2 Å². The molecule has 5 nitrogen and oxygen atoms in total. The van der Waals surface area contributed by atoms with Gasteiger partial charge in [0.15, 0.2) is 0 Å². The second-order valence-corrected chi connectivity index (χ2v) is 11.9. The SMILES string of the molecule is C[C@H](N[S@+]([O-])C(C)(C)C)C1CC2(CCN(C(=O)OC(C)(C)C)CC2)C1. The van der Waals surface area contributed by atoms with Gasteiger partial charge in [0, 0.05) is 24.5 Å². The number of amides is 1. The lowest BCUT2D eigenvalue weighted by Crippen LogP contribution is -2.55. The van der Waals surface area contributed by atoms with Crippen molar-refractivity contribution in [2.24, 2.45) is 11.3 Å². The molecule has 146 valence electrons. The minimum atomic E-state index is -1.01. The molecule has 0 bridgehead atoms. The molecule has 1 N–H and O–H groups in total. The zero-order valence-corrected chi connectivity index (χ0v) is 17.8. The molecule has 2 fully saturated rings. The lowest BCUT2D eigenvalue weighted by Gasteiger charge is -2.53. The summed E-state index contributed by atoms with van der Waals surface area (Å²) in [4.78, 5) is 14.0. The van der Waals surface area contributed by atoms with Gasteiger partial charge in [-0.3, -0.25) is 0 Å². The Kier molecular flexibility index (Phi) is 6.07. The fourth-order valence-corrected chi connectivity index (χ4v) is 4.63. The Bertz CT molecular complexity index is 468. The first-order valence-electron chi connectivity index (χ1n) is 9.47. The van der Waals surface area contributed by atoms with Gasteiger partial charge >= 0.3 is 6.09 Å². The normalized spacial score (nSPS) is 23.9. The first-order valence-corrected chi connectivity index (χ1v) is 10.6. The van der Waals surface area contributed by atoms with Crippen LogP contribution in [0.3, 0.4) is 0 Å². The highest BCUT2D eigenvalue weighted by Gasteiger charge is 2.49. The Labute approximate surface area is 156 Å². The van der Waals surface area contributed by atoms with Crippen molar-refractivity contribution in [3.05, 3.63) is 0 Å². The summed E-state index contributed by atoms with van der Waals surface area (Å²) in [5.41, 5.74) is -0.0556. The van der Waals surface area contributed by atoms with E-state index in [-0.39, 0.29) is 16.9 Å². The molecular formula is C19H36N2O3S. The van der Waals surface area contributed by atoms with Crippen LogP contribution >= 0.6 is 0 Å². The lowest BCUT2D eigenvalue weighted by molar-refractivity contribution is -0.0333. The summed E-state index contributed by atoms with van der Waals surface area (Å²) >= 11 is -1.01. The van der Waals surface area contributed by atoms with Crippen LogP contribution in [-0.4, -0.2) is 45.0 Å². The molecule has 0 unspecified atom stereocenters. The molecule has 2 aliphatic rings. The number of nitrogens with zero attached hydrogens (tertiary/aromatic N) is 1. The largest absolute Gasteiger partial charge is 0.598 e. The average Bonchev–Trinajstić information content (AvgIpc) is 2.41. The first-order chi connectivity index (χ1) is 11.3. The van der Waals surface area contributed by atoms with Gasteiger partial charge in [-0.05, 0) is 85.5 Å². The van der Waals surface area contributed by atoms with Gasteiger partial charge in [-0.1, -0.05) is 0 Å².